The monoisotopic (exact) mass is 166 g/mol. The van der Waals surface area contributed by atoms with Gasteiger partial charge in [0.2, 0.25) is 0 Å². The van der Waals surface area contributed by atoms with E-state index in [1.54, 1.807) is 5.41 Å². The molecule has 0 bridgehead atoms. The van der Waals surface area contributed by atoms with Crippen LogP contribution in [0.2, 0.25) is 0 Å². The first kappa shape index (κ1) is 7.07. The lowest BCUT2D eigenvalue weighted by molar-refractivity contribution is 0.467. The summed E-state index contributed by atoms with van der Waals surface area (Å²) in [4.78, 5) is 0. The van der Waals surface area contributed by atoms with Crippen LogP contribution in [-0.2, 0) is 11.3 Å². The molecule has 2 atom stereocenters. The number of nitrogens with two attached hydrogens (primary N) is 1. The van der Waals surface area contributed by atoms with Crippen molar-refractivity contribution in [3.05, 3.63) is 11.6 Å². The van der Waals surface area contributed by atoms with E-state index in [0.717, 1.165) is 4.31 Å². The molecule has 0 aliphatic carbocycles. The number of hydrogen-bond acceptors (Lipinski definition) is 3. The molecular weight excluding hydrogens is 160 g/mol. The maximum atomic E-state index is 10.3. The summed E-state index contributed by atoms with van der Waals surface area (Å²) in [5, 5.41) is 1.68. The summed E-state index contributed by atoms with van der Waals surface area (Å²) in [5.74, 6) is 0. The zero-order valence-corrected chi connectivity index (χ0v) is 6.06. The number of hydrogen-bond donors (Lipinski definition) is 2. The summed E-state index contributed by atoms with van der Waals surface area (Å²) in [6.07, 6.45) is 1.49. The Balaban J connectivity index is 2.59. The van der Waals surface area contributed by atoms with Gasteiger partial charge in [-0.3, -0.25) is 4.55 Å². The van der Waals surface area contributed by atoms with Gasteiger partial charge < -0.3 is 5.73 Å². The van der Waals surface area contributed by atoms with Gasteiger partial charge in [0.05, 0.1) is 0 Å². The van der Waals surface area contributed by atoms with Crippen LogP contribution in [0.3, 0.4) is 0 Å². The molecule has 0 aromatic rings. The standard InChI is InChI=1S/C3H6N2O2S2/c4-3-5(9(6)7)1-2-8-3/h1-3H,4H2,(H,6,7). The zero-order chi connectivity index (χ0) is 6.85. The van der Waals surface area contributed by atoms with Crippen LogP contribution in [0.4, 0.5) is 0 Å². The highest BCUT2D eigenvalue weighted by Crippen LogP contribution is 2.20. The fourth-order valence-electron chi connectivity index (χ4n) is 0.461. The van der Waals surface area contributed by atoms with Crippen molar-refractivity contribution >= 4 is 23.0 Å². The Hall–Kier alpha value is -0.0400. The van der Waals surface area contributed by atoms with Crippen molar-refractivity contribution in [3.63, 3.8) is 0 Å². The van der Waals surface area contributed by atoms with Gasteiger partial charge in [-0.15, -0.1) is 0 Å². The average molecular weight is 166 g/mol. The van der Waals surface area contributed by atoms with Crippen LogP contribution in [0.15, 0.2) is 11.6 Å². The predicted molar refractivity (Wildman–Crippen MR) is 37.3 cm³/mol. The van der Waals surface area contributed by atoms with Gasteiger partial charge >= 0.3 is 0 Å². The summed E-state index contributed by atoms with van der Waals surface area (Å²) in [5.41, 5.74) is 4.95. The van der Waals surface area contributed by atoms with Crippen LogP contribution in [0.25, 0.3) is 0 Å². The Kier molecular flexibility index (Phi) is 2.12. The first-order valence-corrected chi connectivity index (χ1v) is 4.19. The first-order chi connectivity index (χ1) is 4.22. The third-order valence-corrected chi connectivity index (χ3v) is 2.48. The number of nitrogens with zero attached hydrogens (tertiary/aromatic N) is 1. The van der Waals surface area contributed by atoms with Gasteiger partial charge in [-0.25, -0.2) is 8.51 Å². The van der Waals surface area contributed by atoms with Crippen LogP contribution in [0, 0.1) is 0 Å². The molecule has 6 heteroatoms. The van der Waals surface area contributed by atoms with Crippen LogP contribution in [-0.4, -0.2) is 18.6 Å². The van der Waals surface area contributed by atoms with E-state index < -0.39 is 16.8 Å². The van der Waals surface area contributed by atoms with E-state index in [0.29, 0.717) is 0 Å². The molecule has 52 valence electrons. The Labute approximate surface area is 59.5 Å². The van der Waals surface area contributed by atoms with E-state index in [2.05, 4.69) is 0 Å². The molecule has 1 heterocycles. The van der Waals surface area contributed by atoms with E-state index in [1.807, 2.05) is 0 Å². The smallest absolute Gasteiger partial charge is 0.263 e. The molecule has 2 unspecified atom stereocenters. The van der Waals surface area contributed by atoms with E-state index in [1.165, 1.54) is 18.0 Å². The van der Waals surface area contributed by atoms with E-state index in [9.17, 15) is 4.21 Å². The van der Waals surface area contributed by atoms with Crippen LogP contribution >= 0.6 is 11.8 Å². The highest BCUT2D eigenvalue weighted by Gasteiger charge is 2.18. The summed E-state index contributed by atoms with van der Waals surface area (Å²) in [7, 11) is 0. The van der Waals surface area contributed by atoms with Gasteiger partial charge in [0.15, 0.2) is 0 Å². The third kappa shape index (κ3) is 1.45. The highest BCUT2D eigenvalue weighted by molar-refractivity contribution is 8.03. The first-order valence-electron chi connectivity index (χ1n) is 2.19. The molecule has 0 fully saturated rings. The quantitative estimate of drug-likeness (QED) is 0.533. The van der Waals surface area contributed by atoms with Crippen molar-refractivity contribution in [1.29, 1.82) is 0 Å². The fourth-order valence-corrected chi connectivity index (χ4v) is 1.80. The summed E-state index contributed by atoms with van der Waals surface area (Å²) in [6.45, 7) is 0. The van der Waals surface area contributed by atoms with Gasteiger partial charge in [-0.1, -0.05) is 11.8 Å². The lowest BCUT2D eigenvalue weighted by Crippen LogP contribution is -2.33. The molecule has 1 aliphatic rings. The minimum atomic E-state index is -1.97. The lowest BCUT2D eigenvalue weighted by atomic mass is 10.9. The van der Waals surface area contributed by atoms with Gasteiger partial charge in [0.25, 0.3) is 11.3 Å². The van der Waals surface area contributed by atoms with Crippen molar-refractivity contribution in [2.45, 2.75) is 5.50 Å². The SMILES string of the molecule is NC1SC=CN1S(=O)O. The molecule has 9 heavy (non-hydrogen) atoms. The summed E-state index contributed by atoms with van der Waals surface area (Å²) in [6, 6.07) is 0. The van der Waals surface area contributed by atoms with Crippen molar-refractivity contribution in [2.75, 3.05) is 0 Å². The molecule has 0 saturated carbocycles. The maximum absolute atomic E-state index is 10.3. The molecule has 0 amide bonds. The van der Waals surface area contributed by atoms with E-state index >= 15 is 0 Å². The number of rotatable bonds is 1. The zero-order valence-electron chi connectivity index (χ0n) is 4.43. The molecule has 3 N–H and O–H groups in total. The molecule has 1 aliphatic heterocycles. The molecular formula is C3H6N2O2S2. The van der Waals surface area contributed by atoms with Crippen molar-refractivity contribution < 1.29 is 8.76 Å². The van der Waals surface area contributed by atoms with Gasteiger partial charge in [-0.2, -0.15) is 0 Å². The van der Waals surface area contributed by atoms with Crippen LogP contribution in [0.1, 0.15) is 0 Å². The predicted octanol–water partition coefficient (Wildman–Crippen LogP) is -0.115. The highest BCUT2D eigenvalue weighted by atomic mass is 32.2. The fraction of sp³-hybridized carbons (Fsp3) is 0.333. The molecule has 0 saturated heterocycles. The Morgan fingerprint density at radius 3 is 2.78 bits per heavy atom. The summed E-state index contributed by atoms with van der Waals surface area (Å²) >= 11 is -0.667. The average Bonchev–Trinajstić information content (AvgIpc) is 2.13. The maximum Gasteiger partial charge on any atom is 0.263 e. The van der Waals surface area contributed by atoms with Crippen LogP contribution < -0.4 is 5.73 Å². The van der Waals surface area contributed by atoms with Crippen LogP contribution in [0.5, 0.6) is 0 Å². The Morgan fingerprint density at radius 2 is 2.56 bits per heavy atom. The van der Waals surface area contributed by atoms with Gasteiger partial charge in [-0.05, 0) is 5.41 Å². The Bertz CT molecular complexity index is 160. The molecule has 0 spiro atoms. The summed E-state index contributed by atoms with van der Waals surface area (Å²) < 4.78 is 19.9. The van der Waals surface area contributed by atoms with Crippen molar-refractivity contribution in [1.82, 2.24) is 4.31 Å². The second-order valence-electron chi connectivity index (χ2n) is 1.40. The minimum absolute atomic E-state index is 0.407. The molecule has 4 nitrogen and oxygen atoms in total. The number of thioether (sulfide) groups is 1. The third-order valence-electron chi connectivity index (χ3n) is 0.857. The second-order valence-corrected chi connectivity index (χ2v) is 3.31. The second kappa shape index (κ2) is 2.70. The molecule has 0 aromatic carbocycles. The van der Waals surface area contributed by atoms with Gasteiger partial charge in [0.1, 0.15) is 5.50 Å². The molecule has 0 radical (unpaired) electrons. The van der Waals surface area contributed by atoms with Crippen molar-refractivity contribution in [2.24, 2.45) is 5.73 Å². The minimum Gasteiger partial charge on any atom is -0.301 e. The van der Waals surface area contributed by atoms with Gasteiger partial charge in [0, 0.05) is 6.20 Å². The molecule has 1 rings (SSSR count). The molecule has 0 aromatic heterocycles. The topological polar surface area (TPSA) is 66.6 Å². The lowest BCUT2D eigenvalue weighted by Gasteiger charge is -2.14. The van der Waals surface area contributed by atoms with Crippen molar-refractivity contribution in [3.8, 4) is 0 Å². The largest absolute Gasteiger partial charge is 0.301 e. The van der Waals surface area contributed by atoms with E-state index in [-0.39, 0.29) is 0 Å². The Morgan fingerprint density at radius 1 is 1.89 bits per heavy atom. The normalized spacial score (nSPS) is 29.1. The van der Waals surface area contributed by atoms with E-state index in [4.69, 9.17) is 10.3 Å².